The van der Waals surface area contributed by atoms with Crippen molar-refractivity contribution in [2.45, 2.75) is 0 Å². The van der Waals surface area contributed by atoms with Gasteiger partial charge >= 0.3 is 6.03 Å². The Morgan fingerprint density at radius 2 is 1.64 bits per heavy atom. The molecule has 0 radical (unpaired) electrons. The van der Waals surface area contributed by atoms with Crippen LogP contribution in [0, 0.1) is 0 Å². The van der Waals surface area contributed by atoms with Crippen molar-refractivity contribution >= 4 is 40.6 Å². The van der Waals surface area contributed by atoms with Gasteiger partial charge in [0.25, 0.3) is 0 Å². The number of hydrogen-bond donors (Lipinski definition) is 3. The molecule has 3 N–H and O–H groups in total. The van der Waals surface area contributed by atoms with Crippen molar-refractivity contribution in [3.63, 3.8) is 0 Å². The number of phenolic OH excluding ortho intramolecular Hbond substituents is 1. The maximum atomic E-state index is 11.9. The lowest BCUT2D eigenvalue weighted by atomic mass is 10.3. The molecule has 1 heterocycles. The molecule has 2 aromatic rings. The van der Waals surface area contributed by atoms with Crippen LogP contribution in [0.2, 0.25) is 10.0 Å². The Kier molecular flexibility index (Phi) is 3.87. The number of nitrogens with one attached hydrogen (secondary N) is 2. The van der Waals surface area contributed by atoms with Crippen LogP contribution in [0.4, 0.5) is 16.2 Å². The largest absolute Gasteiger partial charge is 0.505 e. The molecule has 22 heavy (non-hydrogen) atoms. The number of rotatable bonds is 2. The van der Waals surface area contributed by atoms with E-state index in [1.54, 1.807) is 18.2 Å². The first kappa shape index (κ1) is 14.6. The van der Waals surface area contributed by atoms with E-state index in [2.05, 4.69) is 10.6 Å². The molecule has 0 spiro atoms. The van der Waals surface area contributed by atoms with Crippen molar-refractivity contribution in [1.82, 2.24) is 0 Å². The molecule has 0 atom stereocenters. The van der Waals surface area contributed by atoms with E-state index in [1.165, 1.54) is 12.1 Å². The molecule has 0 fully saturated rings. The summed E-state index contributed by atoms with van der Waals surface area (Å²) in [7, 11) is 0. The number of halogens is 2. The molecule has 0 bridgehead atoms. The van der Waals surface area contributed by atoms with E-state index < -0.39 is 6.03 Å². The van der Waals surface area contributed by atoms with E-state index in [9.17, 15) is 9.90 Å². The maximum absolute atomic E-state index is 11.9. The average molecular weight is 341 g/mol. The van der Waals surface area contributed by atoms with E-state index in [0.717, 1.165) is 0 Å². The number of amides is 2. The number of fused-ring (bicyclic) bond motifs is 1. The van der Waals surface area contributed by atoms with Gasteiger partial charge in [-0.05, 0) is 24.3 Å². The number of ether oxygens (including phenoxy) is 2. The molecule has 0 saturated heterocycles. The summed E-state index contributed by atoms with van der Waals surface area (Å²) in [5, 5.41) is 14.8. The van der Waals surface area contributed by atoms with Gasteiger partial charge in [0.1, 0.15) is 0 Å². The Morgan fingerprint density at radius 3 is 2.36 bits per heavy atom. The van der Waals surface area contributed by atoms with Crippen LogP contribution in [-0.2, 0) is 0 Å². The number of phenols is 1. The molecule has 1 aliphatic rings. The highest BCUT2D eigenvalue weighted by Gasteiger charge is 2.14. The second-order valence-electron chi connectivity index (χ2n) is 4.44. The van der Waals surface area contributed by atoms with Gasteiger partial charge in [-0.25, -0.2) is 4.79 Å². The lowest BCUT2D eigenvalue weighted by molar-refractivity contribution is 0.174. The van der Waals surface area contributed by atoms with Crippen LogP contribution in [0.15, 0.2) is 30.3 Å². The highest BCUT2D eigenvalue weighted by molar-refractivity contribution is 6.37. The topological polar surface area (TPSA) is 79.8 Å². The normalized spacial score (nSPS) is 12.1. The number of carbonyl (C=O) groups excluding carboxylic acids is 1. The van der Waals surface area contributed by atoms with Crippen LogP contribution in [-0.4, -0.2) is 17.9 Å². The summed E-state index contributed by atoms with van der Waals surface area (Å²) < 4.78 is 10.4. The third kappa shape index (κ3) is 2.98. The summed E-state index contributed by atoms with van der Waals surface area (Å²) >= 11 is 11.6. The number of carbonyl (C=O) groups is 1. The summed E-state index contributed by atoms with van der Waals surface area (Å²) in [6, 6.07) is 7.33. The molecule has 114 valence electrons. The van der Waals surface area contributed by atoms with Gasteiger partial charge in [0, 0.05) is 17.4 Å². The van der Waals surface area contributed by atoms with Gasteiger partial charge in [-0.3, -0.25) is 0 Å². The Morgan fingerprint density at radius 1 is 1.00 bits per heavy atom. The zero-order chi connectivity index (χ0) is 15.7. The SMILES string of the molecule is O=C(Nc1cc(Cl)c(O)c(Cl)c1)Nc1ccc2c(c1)OCO2. The molecule has 3 rings (SSSR count). The lowest BCUT2D eigenvalue weighted by Crippen LogP contribution is -2.19. The van der Waals surface area contributed by atoms with Crippen LogP contribution in [0.1, 0.15) is 0 Å². The molecular formula is C14H10Cl2N2O4. The summed E-state index contributed by atoms with van der Waals surface area (Å²) in [6.07, 6.45) is 0. The van der Waals surface area contributed by atoms with E-state index in [1.807, 2.05) is 0 Å². The summed E-state index contributed by atoms with van der Waals surface area (Å²) in [4.78, 5) is 11.9. The zero-order valence-corrected chi connectivity index (χ0v) is 12.5. The molecule has 2 aromatic carbocycles. The minimum atomic E-state index is -0.489. The quantitative estimate of drug-likeness (QED) is 0.720. The first-order chi connectivity index (χ1) is 10.5. The molecule has 2 amide bonds. The lowest BCUT2D eigenvalue weighted by Gasteiger charge is -2.09. The van der Waals surface area contributed by atoms with Crippen molar-refractivity contribution in [2.75, 3.05) is 17.4 Å². The van der Waals surface area contributed by atoms with Gasteiger partial charge in [-0.2, -0.15) is 0 Å². The van der Waals surface area contributed by atoms with Crippen LogP contribution < -0.4 is 20.1 Å². The molecule has 0 saturated carbocycles. The van der Waals surface area contributed by atoms with E-state index in [4.69, 9.17) is 32.7 Å². The van der Waals surface area contributed by atoms with Gasteiger partial charge in [0.05, 0.1) is 10.0 Å². The van der Waals surface area contributed by atoms with Crippen LogP contribution in [0.5, 0.6) is 17.2 Å². The third-order valence-corrected chi connectivity index (χ3v) is 3.48. The highest BCUT2D eigenvalue weighted by atomic mass is 35.5. The van der Waals surface area contributed by atoms with Gasteiger partial charge < -0.3 is 25.2 Å². The van der Waals surface area contributed by atoms with Crippen molar-refractivity contribution in [1.29, 1.82) is 0 Å². The van der Waals surface area contributed by atoms with Crippen molar-refractivity contribution < 1.29 is 19.4 Å². The van der Waals surface area contributed by atoms with Crippen LogP contribution >= 0.6 is 23.2 Å². The molecule has 0 aliphatic carbocycles. The minimum absolute atomic E-state index is 0.0471. The zero-order valence-electron chi connectivity index (χ0n) is 11.0. The minimum Gasteiger partial charge on any atom is -0.505 e. The van der Waals surface area contributed by atoms with E-state index in [0.29, 0.717) is 22.9 Å². The van der Waals surface area contributed by atoms with Gasteiger partial charge in [0.2, 0.25) is 6.79 Å². The first-order valence-electron chi connectivity index (χ1n) is 6.18. The maximum Gasteiger partial charge on any atom is 0.323 e. The average Bonchev–Trinajstić information content (AvgIpc) is 2.92. The third-order valence-electron chi connectivity index (χ3n) is 2.91. The summed E-state index contributed by atoms with van der Waals surface area (Å²) in [5.41, 5.74) is 0.892. The molecule has 1 aliphatic heterocycles. The van der Waals surface area contributed by atoms with Crippen LogP contribution in [0.25, 0.3) is 0 Å². The Labute approximate surface area is 135 Å². The molecule has 0 aromatic heterocycles. The number of benzene rings is 2. The van der Waals surface area contributed by atoms with Crippen molar-refractivity contribution in [3.8, 4) is 17.2 Å². The number of urea groups is 1. The van der Waals surface area contributed by atoms with Gasteiger partial charge in [-0.15, -0.1) is 0 Å². The van der Waals surface area contributed by atoms with Gasteiger partial charge in [-0.1, -0.05) is 23.2 Å². The Hall–Kier alpha value is -2.31. The second-order valence-corrected chi connectivity index (χ2v) is 5.25. The summed E-state index contributed by atoms with van der Waals surface area (Å²) in [6.45, 7) is 0.162. The van der Waals surface area contributed by atoms with Crippen LogP contribution in [0.3, 0.4) is 0 Å². The summed E-state index contributed by atoms with van der Waals surface area (Å²) in [5.74, 6) is 0.960. The number of aromatic hydroxyl groups is 1. The van der Waals surface area contributed by atoms with E-state index >= 15 is 0 Å². The molecule has 8 heteroatoms. The number of hydrogen-bond acceptors (Lipinski definition) is 4. The number of anilines is 2. The Balaban J connectivity index is 1.70. The molecule has 0 unspecified atom stereocenters. The van der Waals surface area contributed by atoms with Crippen molar-refractivity contribution in [3.05, 3.63) is 40.4 Å². The monoisotopic (exact) mass is 340 g/mol. The smallest absolute Gasteiger partial charge is 0.323 e. The first-order valence-corrected chi connectivity index (χ1v) is 6.94. The fourth-order valence-corrected chi connectivity index (χ4v) is 2.39. The standard InChI is InChI=1S/C14H10Cl2N2O4/c15-9-3-8(4-10(16)13(9)19)18-14(20)17-7-1-2-11-12(5-7)22-6-21-11/h1-5,19H,6H2,(H2,17,18,20). The molecular weight excluding hydrogens is 331 g/mol. The fourth-order valence-electron chi connectivity index (χ4n) is 1.91. The predicted molar refractivity (Wildman–Crippen MR) is 83.3 cm³/mol. The predicted octanol–water partition coefficient (Wildman–Crippen LogP) is 4.07. The second kappa shape index (κ2) is 5.82. The van der Waals surface area contributed by atoms with Crippen molar-refractivity contribution in [2.24, 2.45) is 0 Å². The van der Waals surface area contributed by atoms with E-state index in [-0.39, 0.29) is 22.6 Å². The fraction of sp³-hybridized carbons (Fsp3) is 0.0714. The Bertz CT molecular complexity index is 729. The van der Waals surface area contributed by atoms with Gasteiger partial charge in [0.15, 0.2) is 17.2 Å². The molecule has 6 nitrogen and oxygen atoms in total. The highest BCUT2D eigenvalue weighted by Crippen LogP contribution is 2.35.